The molecular formula is C13H19N3O. The van der Waals surface area contributed by atoms with Crippen molar-refractivity contribution < 1.29 is 4.79 Å². The van der Waals surface area contributed by atoms with Gasteiger partial charge in [0.2, 0.25) is 0 Å². The summed E-state index contributed by atoms with van der Waals surface area (Å²) in [5.41, 5.74) is 7.49. The van der Waals surface area contributed by atoms with Crippen molar-refractivity contribution in [3.8, 4) is 0 Å². The van der Waals surface area contributed by atoms with Crippen LogP contribution in [0.25, 0.3) is 0 Å². The second-order valence-corrected chi connectivity index (χ2v) is 4.75. The Bertz CT molecular complexity index is 411. The van der Waals surface area contributed by atoms with Crippen LogP contribution < -0.4 is 11.1 Å². The first-order valence-electron chi connectivity index (χ1n) is 6.20. The number of nitrogens with two attached hydrogens (primary N) is 1. The summed E-state index contributed by atoms with van der Waals surface area (Å²) in [6.07, 6.45) is 7.81. The highest BCUT2D eigenvalue weighted by Crippen LogP contribution is 2.23. The number of aryl methyl sites for hydroxylation is 1. The quantitative estimate of drug-likeness (QED) is 0.841. The van der Waals surface area contributed by atoms with Crippen LogP contribution in [-0.2, 0) is 0 Å². The number of primary amides is 1. The van der Waals surface area contributed by atoms with Crippen molar-refractivity contribution in [2.45, 2.75) is 45.1 Å². The van der Waals surface area contributed by atoms with Gasteiger partial charge in [-0.25, -0.2) is 4.98 Å². The van der Waals surface area contributed by atoms with Gasteiger partial charge in [0.1, 0.15) is 0 Å². The van der Waals surface area contributed by atoms with E-state index < -0.39 is 5.91 Å². The number of hydrogen-bond donors (Lipinski definition) is 2. The zero-order valence-electron chi connectivity index (χ0n) is 10.2. The third kappa shape index (κ3) is 2.96. The summed E-state index contributed by atoms with van der Waals surface area (Å²) >= 11 is 0. The fourth-order valence-corrected chi connectivity index (χ4v) is 2.34. The zero-order chi connectivity index (χ0) is 12.3. The van der Waals surface area contributed by atoms with Crippen LogP contribution in [0.4, 0.5) is 5.69 Å². The molecule has 4 nitrogen and oxygen atoms in total. The van der Waals surface area contributed by atoms with Crippen molar-refractivity contribution in [2.75, 3.05) is 5.32 Å². The molecule has 1 aromatic rings. The summed E-state index contributed by atoms with van der Waals surface area (Å²) in [6.45, 7) is 1.96. The minimum atomic E-state index is -0.469. The Hall–Kier alpha value is -1.58. The van der Waals surface area contributed by atoms with Gasteiger partial charge in [-0.15, -0.1) is 0 Å². The molecule has 0 unspecified atom stereocenters. The molecule has 0 aromatic carbocycles. The van der Waals surface area contributed by atoms with E-state index in [0.29, 0.717) is 11.7 Å². The van der Waals surface area contributed by atoms with Crippen molar-refractivity contribution >= 4 is 11.6 Å². The lowest BCUT2D eigenvalue weighted by Gasteiger charge is -2.24. The van der Waals surface area contributed by atoms with E-state index >= 15 is 0 Å². The maximum atomic E-state index is 11.3. The van der Waals surface area contributed by atoms with Crippen molar-refractivity contribution in [3.63, 3.8) is 0 Å². The topological polar surface area (TPSA) is 68.0 Å². The Morgan fingerprint density at radius 1 is 1.41 bits per heavy atom. The van der Waals surface area contributed by atoms with Gasteiger partial charge in [0.05, 0.1) is 5.69 Å². The Morgan fingerprint density at radius 3 is 2.76 bits per heavy atom. The van der Waals surface area contributed by atoms with Gasteiger partial charge >= 0.3 is 0 Å². The van der Waals surface area contributed by atoms with E-state index in [0.717, 1.165) is 24.1 Å². The molecule has 0 bridgehead atoms. The van der Waals surface area contributed by atoms with Crippen molar-refractivity contribution in [1.82, 2.24) is 4.98 Å². The highest BCUT2D eigenvalue weighted by Gasteiger charge is 2.16. The first kappa shape index (κ1) is 11.9. The molecule has 1 amide bonds. The molecule has 4 heteroatoms. The monoisotopic (exact) mass is 233 g/mol. The number of carbonyl (C=O) groups is 1. The molecular weight excluding hydrogens is 214 g/mol. The normalized spacial score (nSPS) is 16.8. The maximum Gasteiger partial charge on any atom is 0.269 e. The molecule has 0 atom stereocenters. The molecule has 3 N–H and O–H groups in total. The van der Waals surface area contributed by atoms with Gasteiger partial charge in [0.15, 0.2) is 5.69 Å². The molecule has 0 aliphatic heterocycles. The van der Waals surface area contributed by atoms with E-state index in [2.05, 4.69) is 10.3 Å². The third-order valence-corrected chi connectivity index (χ3v) is 3.22. The summed E-state index contributed by atoms with van der Waals surface area (Å²) in [5, 5.41) is 3.41. The highest BCUT2D eigenvalue weighted by molar-refractivity contribution is 5.96. The Morgan fingerprint density at radius 2 is 2.12 bits per heavy atom. The molecule has 1 aliphatic rings. The summed E-state index contributed by atoms with van der Waals surface area (Å²) < 4.78 is 0. The first-order valence-corrected chi connectivity index (χ1v) is 6.20. The summed E-state index contributed by atoms with van der Waals surface area (Å²) in [5.74, 6) is -0.469. The first-order chi connectivity index (χ1) is 8.16. The minimum Gasteiger partial charge on any atom is -0.380 e. The summed E-state index contributed by atoms with van der Waals surface area (Å²) in [4.78, 5) is 15.4. The van der Waals surface area contributed by atoms with Gasteiger partial charge in [-0.2, -0.15) is 0 Å². The SMILES string of the molecule is Cc1cnc(C(N)=O)c(NC2CCCCC2)c1. The van der Waals surface area contributed by atoms with Crippen LogP contribution >= 0.6 is 0 Å². The Balaban J connectivity index is 2.17. The lowest BCUT2D eigenvalue weighted by molar-refractivity contribution is 0.0996. The third-order valence-electron chi connectivity index (χ3n) is 3.22. The van der Waals surface area contributed by atoms with E-state index in [-0.39, 0.29) is 0 Å². The average Bonchev–Trinajstić information content (AvgIpc) is 2.30. The molecule has 0 radical (unpaired) electrons. The van der Waals surface area contributed by atoms with E-state index in [1.165, 1.54) is 19.3 Å². The van der Waals surface area contributed by atoms with Crippen LogP contribution in [0.1, 0.15) is 48.2 Å². The van der Waals surface area contributed by atoms with Crippen LogP contribution in [-0.4, -0.2) is 16.9 Å². The van der Waals surface area contributed by atoms with E-state index in [9.17, 15) is 4.79 Å². The fraction of sp³-hybridized carbons (Fsp3) is 0.538. The number of hydrogen-bond acceptors (Lipinski definition) is 3. The molecule has 1 heterocycles. The zero-order valence-corrected chi connectivity index (χ0v) is 10.2. The van der Waals surface area contributed by atoms with Crippen LogP contribution in [0.3, 0.4) is 0 Å². The number of carbonyl (C=O) groups excluding carboxylic acids is 1. The Kier molecular flexibility index (Phi) is 3.61. The van der Waals surface area contributed by atoms with Crippen LogP contribution in [0.15, 0.2) is 12.3 Å². The van der Waals surface area contributed by atoms with E-state index in [4.69, 9.17) is 5.73 Å². The second-order valence-electron chi connectivity index (χ2n) is 4.75. The van der Waals surface area contributed by atoms with Gasteiger partial charge in [-0.3, -0.25) is 4.79 Å². The predicted molar refractivity (Wildman–Crippen MR) is 68.0 cm³/mol. The van der Waals surface area contributed by atoms with Gasteiger partial charge < -0.3 is 11.1 Å². The van der Waals surface area contributed by atoms with Crippen molar-refractivity contribution in [1.29, 1.82) is 0 Å². The second kappa shape index (κ2) is 5.17. The average molecular weight is 233 g/mol. The molecule has 1 aromatic heterocycles. The summed E-state index contributed by atoms with van der Waals surface area (Å²) in [6, 6.07) is 2.40. The van der Waals surface area contributed by atoms with Gasteiger partial charge in [-0.1, -0.05) is 19.3 Å². The van der Waals surface area contributed by atoms with Crippen LogP contribution in [0, 0.1) is 6.92 Å². The lowest BCUT2D eigenvalue weighted by Crippen LogP contribution is -2.25. The number of anilines is 1. The lowest BCUT2D eigenvalue weighted by atomic mass is 9.95. The standard InChI is InChI=1S/C13H19N3O/c1-9-7-11(12(13(14)17)15-8-9)16-10-5-3-2-4-6-10/h7-8,10,16H,2-6H2,1H3,(H2,14,17). The van der Waals surface area contributed by atoms with Crippen LogP contribution in [0.2, 0.25) is 0 Å². The molecule has 1 aliphatic carbocycles. The Labute approximate surface area is 102 Å². The molecule has 2 rings (SSSR count). The summed E-state index contributed by atoms with van der Waals surface area (Å²) in [7, 11) is 0. The fourth-order valence-electron chi connectivity index (χ4n) is 2.34. The van der Waals surface area contributed by atoms with Crippen molar-refractivity contribution in [3.05, 3.63) is 23.5 Å². The number of nitrogens with zero attached hydrogens (tertiary/aromatic N) is 1. The largest absolute Gasteiger partial charge is 0.380 e. The number of rotatable bonds is 3. The van der Waals surface area contributed by atoms with Crippen LogP contribution in [0.5, 0.6) is 0 Å². The van der Waals surface area contributed by atoms with Gasteiger partial charge in [0, 0.05) is 12.2 Å². The molecule has 17 heavy (non-hydrogen) atoms. The van der Waals surface area contributed by atoms with E-state index in [1.54, 1.807) is 6.20 Å². The molecule has 1 fully saturated rings. The minimum absolute atomic E-state index is 0.348. The van der Waals surface area contributed by atoms with E-state index in [1.807, 2.05) is 13.0 Å². The number of aromatic nitrogens is 1. The number of nitrogens with one attached hydrogen (secondary N) is 1. The molecule has 92 valence electrons. The maximum absolute atomic E-state index is 11.3. The molecule has 1 saturated carbocycles. The van der Waals surface area contributed by atoms with Gasteiger partial charge in [-0.05, 0) is 31.4 Å². The highest BCUT2D eigenvalue weighted by atomic mass is 16.1. The smallest absolute Gasteiger partial charge is 0.269 e. The number of amides is 1. The van der Waals surface area contributed by atoms with Crippen molar-refractivity contribution in [2.24, 2.45) is 5.73 Å². The molecule has 0 spiro atoms. The van der Waals surface area contributed by atoms with Gasteiger partial charge in [0.25, 0.3) is 5.91 Å². The molecule has 0 saturated heterocycles. The predicted octanol–water partition coefficient (Wildman–Crippen LogP) is 2.23. The number of pyridine rings is 1.